The maximum absolute atomic E-state index is 2.25. The predicted molar refractivity (Wildman–Crippen MR) is 154 cm³/mol. The second-order valence-electron chi connectivity index (χ2n) is 8.58. The third-order valence-electron chi connectivity index (χ3n) is 6.20. The van der Waals surface area contributed by atoms with Crippen molar-refractivity contribution in [3.8, 4) is 0 Å². The van der Waals surface area contributed by atoms with Gasteiger partial charge in [0.25, 0.3) is 0 Å². The van der Waals surface area contributed by atoms with Crippen LogP contribution in [0.4, 0.5) is 0 Å². The molecule has 0 fully saturated rings. The van der Waals surface area contributed by atoms with Crippen LogP contribution in [-0.2, 0) is 23.3 Å². The quantitative estimate of drug-likeness (QED) is 0.203. The summed E-state index contributed by atoms with van der Waals surface area (Å²) in [7, 11) is 0. The van der Waals surface area contributed by atoms with E-state index in [1.54, 1.807) is 23.3 Å². The predicted octanol–water partition coefficient (Wildman–Crippen LogP) is 1.62. The summed E-state index contributed by atoms with van der Waals surface area (Å²) in [5.41, 5.74) is -0.455. The van der Waals surface area contributed by atoms with Crippen LogP contribution in [0.3, 0.4) is 0 Å². The maximum atomic E-state index is 2.25. The first-order chi connectivity index (χ1) is 17.8. The van der Waals surface area contributed by atoms with Crippen molar-refractivity contribution in [2.45, 2.75) is 0 Å². The van der Waals surface area contributed by atoms with Crippen molar-refractivity contribution in [2.24, 2.45) is 0 Å². The summed E-state index contributed by atoms with van der Waals surface area (Å²) in [5.74, 6) is 0. The molecule has 7 aromatic carbocycles. The van der Waals surface area contributed by atoms with E-state index in [1.807, 2.05) is 0 Å². The van der Waals surface area contributed by atoms with Gasteiger partial charge in [-0.1, -0.05) is 42.5 Å². The minimum Gasteiger partial charge on any atom is -0.168 e. The summed E-state index contributed by atoms with van der Waals surface area (Å²) in [5, 5.41) is 11.1. The summed E-state index contributed by atoms with van der Waals surface area (Å²) in [6.07, 6.45) is 0. The van der Waals surface area contributed by atoms with Crippen LogP contribution < -0.4 is 35.2 Å². The minimum atomic E-state index is -0.455. The first-order valence-electron chi connectivity index (χ1n) is 12.1. The average Bonchev–Trinajstić information content (AvgIpc) is 3.59. The molecule has 0 bridgehead atoms. The Morgan fingerprint density at radius 2 is 0.868 bits per heavy atom. The summed E-state index contributed by atoms with van der Waals surface area (Å²) in [6, 6.07) is 55.6. The van der Waals surface area contributed by atoms with E-state index >= 15 is 0 Å². The molecule has 0 aliphatic rings. The molecule has 7 aromatic rings. The summed E-state index contributed by atoms with van der Waals surface area (Å²) in [6.45, 7) is 0. The fourth-order valence-electron chi connectivity index (χ4n) is 4.35. The third kappa shape index (κ3) is 7.43. The first kappa shape index (κ1) is 29.8. The van der Waals surface area contributed by atoms with Crippen LogP contribution in [0.15, 0.2) is 158 Å². The zero-order valence-electron chi connectivity index (χ0n) is 20.8. The van der Waals surface area contributed by atoms with Gasteiger partial charge in [0, 0.05) is 0 Å². The standard InChI is InChI=1S/C13H9.C12H10Si.C9H7.2ClH.Zr/c1-3-7-12-10(5-1)9-11-6-2-4-8-13(11)12;1-3-7-11(8-4-1)13-12-9-5-2-6-10-12;1-2-5-9-7-3-6-8(9)4-1;;;/h1-9H;1-10H;1-7H;2*1H;/q-1;;-1;;;+2/p-2. The van der Waals surface area contributed by atoms with Gasteiger partial charge in [0.05, 0.1) is 0 Å². The molecule has 0 saturated carbocycles. The van der Waals surface area contributed by atoms with E-state index in [2.05, 4.69) is 158 Å². The fraction of sp³-hybridized carbons (Fsp3) is 0. The van der Waals surface area contributed by atoms with Crippen LogP contribution in [0.5, 0.6) is 0 Å². The molecule has 0 aromatic heterocycles. The third-order valence-corrected chi connectivity index (χ3v) is 12.3. The zero-order valence-corrected chi connectivity index (χ0v) is 25.7. The topological polar surface area (TPSA) is 0 Å². The number of fused-ring (bicyclic) bond motifs is 4. The Balaban J connectivity index is 0.000000157. The van der Waals surface area contributed by atoms with Gasteiger partial charge in [0.2, 0.25) is 0 Å². The van der Waals surface area contributed by atoms with Gasteiger partial charge in [-0.3, -0.25) is 0 Å². The SMILES string of the molecule is [Cl-].[Cl-].[Zr+2]=[Si](c1ccccc1)c1ccccc1.c1ccc2[cH-]ccc2c1.c1ccc2c(c1)[cH-]c1ccccc12. The van der Waals surface area contributed by atoms with Gasteiger partial charge < -0.3 is 24.8 Å². The van der Waals surface area contributed by atoms with E-state index in [1.165, 1.54) is 42.7 Å². The molecule has 0 atom stereocenters. The number of hydrogen-bond acceptors (Lipinski definition) is 0. The fourth-order valence-corrected chi connectivity index (χ4v) is 8.19. The second-order valence-corrected chi connectivity index (χ2v) is 14.2. The Hall–Kier alpha value is -2.74. The zero-order chi connectivity index (χ0) is 24.6. The molecule has 0 aliphatic heterocycles. The van der Waals surface area contributed by atoms with Crippen LogP contribution >= 0.6 is 0 Å². The van der Waals surface area contributed by atoms with Gasteiger partial charge in [-0.05, 0) is 0 Å². The van der Waals surface area contributed by atoms with Gasteiger partial charge in [-0.2, -0.15) is 17.5 Å². The van der Waals surface area contributed by atoms with Crippen LogP contribution in [-0.4, -0.2) is 5.43 Å². The van der Waals surface area contributed by atoms with Crippen LogP contribution in [0.1, 0.15) is 0 Å². The van der Waals surface area contributed by atoms with E-state index in [0.29, 0.717) is 0 Å². The molecule has 0 saturated heterocycles. The number of rotatable bonds is 2. The molecule has 0 N–H and O–H groups in total. The average molecular weight is 625 g/mol. The van der Waals surface area contributed by atoms with Crippen molar-refractivity contribution in [1.82, 2.24) is 0 Å². The van der Waals surface area contributed by atoms with Crippen molar-refractivity contribution in [2.75, 3.05) is 0 Å². The smallest absolute Gasteiger partial charge is 0.0771 e. The molecular formula is C34H26Cl2SiZr-2. The molecule has 7 rings (SSSR count). The summed E-state index contributed by atoms with van der Waals surface area (Å²) in [4.78, 5) is 0. The van der Waals surface area contributed by atoms with Crippen LogP contribution in [0.2, 0.25) is 0 Å². The van der Waals surface area contributed by atoms with Crippen LogP contribution in [0.25, 0.3) is 32.3 Å². The number of benzene rings is 5. The van der Waals surface area contributed by atoms with Gasteiger partial charge in [-0.15, -0.1) is 69.4 Å². The van der Waals surface area contributed by atoms with Gasteiger partial charge in [-0.25, -0.2) is 0 Å². The Morgan fingerprint density at radius 3 is 1.37 bits per heavy atom. The molecule has 0 radical (unpaired) electrons. The van der Waals surface area contributed by atoms with E-state index in [0.717, 1.165) is 0 Å². The van der Waals surface area contributed by atoms with E-state index in [9.17, 15) is 0 Å². The minimum absolute atomic E-state index is 0. The normalized spacial score (nSPS) is 9.84. The van der Waals surface area contributed by atoms with E-state index < -0.39 is 5.43 Å². The Kier molecular flexibility index (Phi) is 11.8. The van der Waals surface area contributed by atoms with Crippen molar-refractivity contribution in [3.05, 3.63) is 158 Å². The monoisotopic (exact) mass is 622 g/mol. The molecule has 0 aliphatic carbocycles. The molecule has 186 valence electrons. The van der Waals surface area contributed by atoms with E-state index in [-0.39, 0.29) is 24.8 Å². The van der Waals surface area contributed by atoms with Gasteiger partial charge in [0.1, 0.15) is 0 Å². The molecule has 38 heavy (non-hydrogen) atoms. The van der Waals surface area contributed by atoms with Crippen molar-refractivity contribution in [1.29, 1.82) is 0 Å². The Morgan fingerprint density at radius 1 is 0.447 bits per heavy atom. The molecule has 0 heterocycles. The molecule has 4 heteroatoms. The van der Waals surface area contributed by atoms with Gasteiger partial charge >= 0.3 is 99.8 Å². The Labute approximate surface area is 252 Å². The number of halogens is 2. The van der Waals surface area contributed by atoms with Crippen LogP contribution in [0, 0.1) is 0 Å². The molecule has 0 spiro atoms. The van der Waals surface area contributed by atoms with Crippen molar-refractivity contribution in [3.63, 3.8) is 0 Å². The molecule has 0 unspecified atom stereocenters. The molecule has 0 amide bonds. The largest absolute Gasteiger partial charge is 0.168 e. The summed E-state index contributed by atoms with van der Waals surface area (Å²) < 4.78 is 0. The van der Waals surface area contributed by atoms with E-state index in [4.69, 9.17) is 0 Å². The van der Waals surface area contributed by atoms with Crippen molar-refractivity contribution >= 4 is 48.1 Å². The maximum Gasteiger partial charge on any atom is -0.0771 e. The Bertz CT molecular complexity index is 1580. The number of hydrogen-bond donors (Lipinski definition) is 0. The van der Waals surface area contributed by atoms with Crippen molar-refractivity contribution < 1.29 is 48.1 Å². The molecule has 0 nitrogen and oxygen atoms in total. The van der Waals surface area contributed by atoms with Gasteiger partial charge in [0.15, 0.2) is 0 Å². The first-order valence-corrected chi connectivity index (χ1v) is 17.3. The summed E-state index contributed by atoms with van der Waals surface area (Å²) >= 11 is 1.64. The molecular weight excluding hydrogens is 599 g/mol. The second kappa shape index (κ2) is 15.0.